The maximum atomic E-state index is 4.68. The van der Waals surface area contributed by atoms with Crippen molar-refractivity contribution >= 4 is 5.82 Å². The van der Waals surface area contributed by atoms with Crippen LogP contribution in [-0.4, -0.2) is 72.8 Å². The Hall–Kier alpha value is -2.81. The van der Waals surface area contributed by atoms with Gasteiger partial charge in [-0.1, -0.05) is 6.07 Å². The highest BCUT2D eigenvalue weighted by Crippen LogP contribution is 2.18. The molecule has 0 aliphatic carbocycles. The number of pyridine rings is 1. The van der Waals surface area contributed by atoms with E-state index >= 15 is 0 Å². The minimum atomic E-state index is 0.528. The second kappa shape index (κ2) is 7.61. The minimum Gasteiger partial charge on any atom is -0.354 e. The normalized spacial score (nSPS) is 15.5. The summed E-state index contributed by atoms with van der Waals surface area (Å²) < 4.78 is 2.21. The van der Waals surface area contributed by atoms with Gasteiger partial charge in [0.05, 0.1) is 0 Å². The van der Waals surface area contributed by atoms with Crippen molar-refractivity contribution in [3.8, 4) is 11.5 Å². The van der Waals surface area contributed by atoms with Crippen LogP contribution < -0.4 is 4.90 Å². The fourth-order valence-corrected chi connectivity index (χ4v) is 3.30. The van der Waals surface area contributed by atoms with Crippen molar-refractivity contribution in [3.05, 3.63) is 36.4 Å². The van der Waals surface area contributed by atoms with Gasteiger partial charge in [-0.15, -0.1) is 10.2 Å². The predicted molar refractivity (Wildman–Crippen MR) is 97.6 cm³/mol. The van der Waals surface area contributed by atoms with E-state index in [4.69, 9.17) is 0 Å². The largest absolute Gasteiger partial charge is 0.354 e. The Morgan fingerprint density at radius 1 is 1.12 bits per heavy atom. The van der Waals surface area contributed by atoms with Gasteiger partial charge in [0.25, 0.3) is 0 Å². The molecule has 3 aromatic heterocycles. The lowest BCUT2D eigenvalue weighted by Crippen LogP contribution is -2.47. The Morgan fingerprint density at radius 2 is 2.00 bits per heavy atom. The summed E-state index contributed by atoms with van der Waals surface area (Å²) in [5.74, 6) is 2.59. The van der Waals surface area contributed by atoms with Gasteiger partial charge in [0.2, 0.25) is 5.82 Å². The topological polar surface area (TPSA) is 91.7 Å². The summed E-state index contributed by atoms with van der Waals surface area (Å²) >= 11 is 0. The zero-order valence-corrected chi connectivity index (χ0v) is 14.9. The van der Waals surface area contributed by atoms with Crippen LogP contribution in [0.1, 0.15) is 12.2 Å². The standard InChI is InChI=1S/C17H23N9/c1-14-18-6-9-25(14)8-3-7-24-10-12-26(13-11-24)16-5-2-4-15(19-16)17-20-22-23-21-17/h2,4-6,9H,3,7-8,10-13H2,1H3,(H,20,21,22,23). The second-order valence-electron chi connectivity index (χ2n) is 6.47. The Labute approximate surface area is 152 Å². The number of tetrazole rings is 1. The summed E-state index contributed by atoms with van der Waals surface area (Å²) in [6, 6.07) is 5.94. The third kappa shape index (κ3) is 3.72. The van der Waals surface area contributed by atoms with Crippen LogP contribution in [0.15, 0.2) is 30.6 Å². The second-order valence-corrected chi connectivity index (χ2v) is 6.47. The Bertz CT molecular complexity index is 818. The van der Waals surface area contributed by atoms with Crippen LogP contribution in [0.5, 0.6) is 0 Å². The summed E-state index contributed by atoms with van der Waals surface area (Å²) in [6.45, 7) is 8.25. The van der Waals surface area contributed by atoms with Gasteiger partial charge in [0.1, 0.15) is 17.3 Å². The van der Waals surface area contributed by atoms with E-state index in [1.54, 1.807) is 0 Å². The molecule has 4 heterocycles. The lowest BCUT2D eigenvalue weighted by atomic mass is 10.2. The molecule has 1 aliphatic rings. The third-order valence-corrected chi connectivity index (χ3v) is 4.80. The average Bonchev–Trinajstić information content (AvgIpc) is 3.35. The van der Waals surface area contributed by atoms with Crippen LogP contribution in [0.25, 0.3) is 11.5 Å². The number of aryl methyl sites for hydroxylation is 2. The van der Waals surface area contributed by atoms with E-state index in [-0.39, 0.29) is 0 Å². The van der Waals surface area contributed by atoms with E-state index < -0.39 is 0 Å². The average molecular weight is 353 g/mol. The van der Waals surface area contributed by atoms with Gasteiger partial charge in [-0.25, -0.2) is 9.97 Å². The SMILES string of the molecule is Cc1nccn1CCCN1CCN(c2cccc(-c3nn[nH]n3)n2)CC1. The molecule has 0 spiro atoms. The first kappa shape index (κ1) is 16.6. The van der Waals surface area contributed by atoms with Crippen LogP contribution in [0, 0.1) is 6.92 Å². The zero-order valence-electron chi connectivity index (χ0n) is 14.9. The van der Waals surface area contributed by atoms with Gasteiger partial charge < -0.3 is 9.47 Å². The lowest BCUT2D eigenvalue weighted by Gasteiger charge is -2.35. The molecule has 0 atom stereocenters. The first-order valence-electron chi connectivity index (χ1n) is 8.95. The number of imidazole rings is 1. The first-order valence-corrected chi connectivity index (χ1v) is 8.95. The molecule has 26 heavy (non-hydrogen) atoms. The number of aromatic nitrogens is 7. The molecule has 3 aromatic rings. The maximum absolute atomic E-state index is 4.68. The van der Waals surface area contributed by atoms with Crippen molar-refractivity contribution in [1.29, 1.82) is 0 Å². The number of nitrogens with one attached hydrogen (secondary N) is 1. The molecular weight excluding hydrogens is 330 g/mol. The fraction of sp³-hybridized carbons (Fsp3) is 0.471. The number of aromatic amines is 1. The zero-order chi connectivity index (χ0) is 17.8. The van der Waals surface area contributed by atoms with Crippen molar-refractivity contribution in [1.82, 2.24) is 40.1 Å². The van der Waals surface area contributed by atoms with Gasteiger partial charge in [0, 0.05) is 45.1 Å². The number of rotatable bonds is 6. The molecule has 1 N–H and O–H groups in total. The predicted octanol–water partition coefficient (Wildman–Crippen LogP) is 0.979. The maximum Gasteiger partial charge on any atom is 0.223 e. The number of nitrogens with zero attached hydrogens (tertiary/aromatic N) is 8. The van der Waals surface area contributed by atoms with E-state index in [0.29, 0.717) is 5.82 Å². The fourth-order valence-electron chi connectivity index (χ4n) is 3.30. The van der Waals surface area contributed by atoms with E-state index in [1.807, 2.05) is 24.4 Å². The van der Waals surface area contributed by atoms with Crippen molar-refractivity contribution < 1.29 is 0 Å². The van der Waals surface area contributed by atoms with Gasteiger partial charge in [0.15, 0.2) is 0 Å². The quantitative estimate of drug-likeness (QED) is 0.706. The Balaban J connectivity index is 1.28. The summed E-state index contributed by atoms with van der Waals surface area (Å²) in [6.07, 6.45) is 5.06. The molecular formula is C17H23N9. The molecule has 1 fully saturated rings. The lowest BCUT2D eigenvalue weighted by molar-refractivity contribution is 0.249. The van der Waals surface area contributed by atoms with E-state index in [2.05, 4.69) is 58.1 Å². The highest BCUT2D eigenvalue weighted by Gasteiger charge is 2.18. The van der Waals surface area contributed by atoms with Gasteiger partial charge in [-0.05, 0) is 37.2 Å². The van der Waals surface area contributed by atoms with Crippen LogP contribution in [0.3, 0.4) is 0 Å². The third-order valence-electron chi connectivity index (χ3n) is 4.80. The Morgan fingerprint density at radius 3 is 2.73 bits per heavy atom. The molecule has 1 aliphatic heterocycles. The molecule has 0 unspecified atom stereocenters. The van der Waals surface area contributed by atoms with Crippen LogP contribution in [-0.2, 0) is 6.54 Å². The summed E-state index contributed by atoms with van der Waals surface area (Å²) in [4.78, 5) is 13.8. The molecule has 136 valence electrons. The van der Waals surface area contributed by atoms with Crippen molar-refractivity contribution in [2.45, 2.75) is 19.9 Å². The number of hydrogen-bond acceptors (Lipinski definition) is 7. The summed E-state index contributed by atoms with van der Waals surface area (Å²) in [5, 5.41) is 14.1. The summed E-state index contributed by atoms with van der Waals surface area (Å²) in [7, 11) is 0. The Kier molecular flexibility index (Phi) is 4.87. The smallest absolute Gasteiger partial charge is 0.223 e. The van der Waals surface area contributed by atoms with Crippen molar-refractivity contribution in [2.75, 3.05) is 37.6 Å². The van der Waals surface area contributed by atoms with Crippen LogP contribution in [0.4, 0.5) is 5.82 Å². The van der Waals surface area contributed by atoms with E-state index in [1.165, 1.54) is 0 Å². The molecule has 0 saturated carbocycles. The highest BCUT2D eigenvalue weighted by atomic mass is 15.5. The van der Waals surface area contributed by atoms with Gasteiger partial charge >= 0.3 is 0 Å². The van der Waals surface area contributed by atoms with Crippen LogP contribution >= 0.6 is 0 Å². The summed E-state index contributed by atoms with van der Waals surface area (Å²) in [5.41, 5.74) is 0.745. The molecule has 0 bridgehead atoms. The van der Waals surface area contributed by atoms with Crippen LogP contribution in [0.2, 0.25) is 0 Å². The van der Waals surface area contributed by atoms with E-state index in [0.717, 1.165) is 63.0 Å². The first-order chi connectivity index (χ1) is 12.8. The minimum absolute atomic E-state index is 0.528. The number of H-pyrrole nitrogens is 1. The molecule has 0 aromatic carbocycles. The molecule has 0 radical (unpaired) electrons. The monoisotopic (exact) mass is 353 g/mol. The molecule has 0 amide bonds. The highest BCUT2D eigenvalue weighted by molar-refractivity contribution is 5.53. The number of piperazine rings is 1. The molecule has 9 heteroatoms. The van der Waals surface area contributed by atoms with E-state index in [9.17, 15) is 0 Å². The molecule has 9 nitrogen and oxygen atoms in total. The van der Waals surface area contributed by atoms with Gasteiger partial charge in [-0.2, -0.15) is 5.21 Å². The number of hydrogen-bond donors (Lipinski definition) is 1. The molecule has 4 rings (SSSR count). The molecule has 1 saturated heterocycles. The van der Waals surface area contributed by atoms with Crippen molar-refractivity contribution in [3.63, 3.8) is 0 Å². The number of anilines is 1. The van der Waals surface area contributed by atoms with Gasteiger partial charge in [-0.3, -0.25) is 4.90 Å². The van der Waals surface area contributed by atoms with Crippen molar-refractivity contribution in [2.24, 2.45) is 0 Å².